The fourth-order valence-corrected chi connectivity index (χ4v) is 3.38. The van der Waals surface area contributed by atoms with Crippen LogP contribution < -0.4 is 15.4 Å². The molecule has 2 aliphatic heterocycles. The van der Waals surface area contributed by atoms with Crippen LogP contribution >= 0.6 is 0 Å². The highest BCUT2D eigenvalue weighted by atomic mass is 16.6. The van der Waals surface area contributed by atoms with Crippen molar-refractivity contribution >= 4 is 17.9 Å². The van der Waals surface area contributed by atoms with Gasteiger partial charge in [0.25, 0.3) is 0 Å². The van der Waals surface area contributed by atoms with Crippen LogP contribution in [0, 0.1) is 5.92 Å². The topological polar surface area (TPSA) is 97.0 Å². The van der Waals surface area contributed by atoms with Gasteiger partial charge in [-0.25, -0.2) is 4.79 Å². The Bertz CT molecular complexity index is 668. The summed E-state index contributed by atoms with van der Waals surface area (Å²) >= 11 is 0. The fourth-order valence-electron chi connectivity index (χ4n) is 3.38. The van der Waals surface area contributed by atoms with Gasteiger partial charge in [0, 0.05) is 32.8 Å². The van der Waals surface area contributed by atoms with Gasteiger partial charge in [-0.15, -0.1) is 0 Å². The average molecular weight is 389 g/mol. The highest BCUT2D eigenvalue weighted by Gasteiger charge is 2.25. The van der Waals surface area contributed by atoms with Crippen LogP contribution in [0.15, 0.2) is 30.3 Å². The van der Waals surface area contributed by atoms with Crippen LogP contribution in [-0.2, 0) is 14.3 Å². The molecular formula is C20H27N3O5. The van der Waals surface area contributed by atoms with Crippen LogP contribution in [0.3, 0.4) is 0 Å². The van der Waals surface area contributed by atoms with E-state index in [1.807, 2.05) is 18.2 Å². The maximum atomic E-state index is 12.2. The SMILES string of the molecule is O=C(NCC1CCN(C(=O)Oc2ccccc2)CC1)C(=O)NC[C@@H]1CCCO1. The molecule has 8 heteroatoms. The maximum absolute atomic E-state index is 12.2. The van der Waals surface area contributed by atoms with Crippen molar-refractivity contribution < 1.29 is 23.9 Å². The van der Waals surface area contributed by atoms with E-state index in [2.05, 4.69) is 10.6 Å². The molecule has 0 bridgehead atoms. The Morgan fingerprint density at radius 2 is 1.68 bits per heavy atom. The molecule has 1 atom stereocenters. The highest BCUT2D eigenvalue weighted by Crippen LogP contribution is 2.18. The van der Waals surface area contributed by atoms with E-state index >= 15 is 0 Å². The van der Waals surface area contributed by atoms with E-state index in [-0.39, 0.29) is 18.1 Å². The number of para-hydroxylation sites is 1. The third-order valence-corrected chi connectivity index (χ3v) is 5.09. The molecule has 8 nitrogen and oxygen atoms in total. The summed E-state index contributed by atoms with van der Waals surface area (Å²) in [5.74, 6) is -0.491. The second kappa shape index (κ2) is 10.1. The van der Waals surface area contributed by atoms with Crippen LogP contribution in [0.5, 0.6) is 5.75 Å². The van der Waals surface area contributed by atoms with E-state index < -0.39 is 11.8 Å². The second-order valence-electron chi connectivity index (χ2n) is 7.17. The Morgan fingerprint density at radius 1 is 1.00 bits per heavy atom. The second-order valence-corrected chi connectivity index (χ2v) is 7.17. The summed E-state index contributed by atoms with van der Waals surface area (Å²) in [6.45, 7) is 2.64. The van der Waals surface area contributed by atoms with Crippen molar-refractivity contribution in [2.24, 2.45) is 5.92 Å². The molecule has 0 spiro atoms. The lowest BCUT2D eigenvalue weighted by Crippen LogP contribution is -2.46. The molecule has 2 heterocycles. The summed E-state index contributed by atoms with van der Waals surface area (Å²) < 4.78 is 10.8. The number of carbonyl (C=O) groups excluding carboxylic acids is 3. The summed E-state index contributed by atoms with van der Waals surface area (Å²) in [5.41, 5.74) is 0. The van der Waals surface area contributed by atoms with Crippen molar-refractivity contribution in [2.45, 2.75) is 31.8 Å². The smallest absolute Gasteiger partial charge is 0.410 e. The molecule has 3 rings (SSSR count). The van der Waals surface area contributed by atoms with Crippen molar-refractivity contribution in [3.05, 3.63) is 30.3 Å². The molecule has 28 heavy (non-hydrogen) atoms. The number of piperidine rings is 1. The summed E-state index contributed by atoms with van der Waals surface area (Å²) in [4.78, 5) is 37.6. The molecular weight excluding hydrogens is 362 g/mol. The molecule has 0 aromatic heterocycles. The number of amides is 3. The Kier molecular flexibility index (Phi) is 7.25. The monoisotopic (exact) mass is 389 g/mol. The first-order chi connectivity index (χ1) is 13.6. The van der Waals surface area contributed by atoms with E-state index in [4.69, 9.17) is 9.47 Å². The lowest BCUT2D eigenvalue weighted by Gasteiger charge is -2.31. The molecule has 3 amide bonds. The normalized spacial score (nSPS) is 19.9. The predicted octanol–water partition coefficient (Wildman–Crippen LogP) is 1.31. The lowest BCUT2D eigenvalue weighted by molar-refractivity contribution is -0.139. The minimum atomic E-state index is -0.626. The van der Waals surface area contributed by atoms with E-state index in [1.165, 1.54) is 0 Å². The Morgan fingerprint density at radius 3 is 2.32 bits per heavy atom. The third-order valence-electron chi connectivity index (χ3n) is 5.09. The van der Waals surface area contributed by atoms with E-state index in [0.29, 0.717) is 38.5 Å². The minimum absolute atomic E-state index is 0.0109. The number of hydrogen-bond donors (Lipinski definition) is 2. The van der Waals surface area contributed by atoms with Crippen LogP contribution in [0.25, 0.3) is 0 Å². The average Bonchev–Trinajstić information content (AvgIpc) is 3.25. The predicted molar refractivity (Wildman–Crippen MR) is 102 cm³/mol. The lowest BCUT2D eigenvalue weighted by atomic mass is 9.97. The van der Waals surface area contributed by atoms with Crippen molar-refractivity contribution in [3.8, 4) is 5.75 Å². The molecule has 152 valence electrons. The first kappa shape index (κ1) is 20.1. The largest absolute Gasteiger partial charge is 0.415 e. The fraction of sp³-hybridized carbons (Fsp3) is 0.550. The number of benzene rings is 1. The number of likely N-dealkylation sites (tertiary alicyclic amines) is 1. The Hall–Kier alpha value is -2.61. The van der Waals surface area contributed by atoms with E-state index in [0.717, 1.165) is 25.7 Å². The van der Waals surface area contributed by atoms with Crippen molar-refractivity contribution in [2.75, 3.05) is 32.8 Å². The Balaban J connectivity index is 1.32. The zero-order valence-corrected chi connectivity index (χ0v) is 15.9. The minimum Gasteiger partial charge on any atom is -0.410 e. The third kappa shape index (κ3) is 5.95. The number of nitrogens with one attached hydrogen (secondary N) is 2. The summed E-state index contributed by atoms with van der Waals surface area (Å²) in [6.07, 6.45) is 3.06. The van der Waals surface area contributed by atoms with Crippen molar-refractivity contribution in [1.29, 1.82) is 0 Å². The maximum Gasteiger partial charge on any atom is 0.415 e. The molecule has 0 aliphatic carbocycles. The van der Waals surface area contributed by atoms with Gasteiger partial charge >= 0.3 is 17.9 Å². The summed E-state index contributed by atoms with van der Waals surface area (Å²) in [7, 11) is 0. The van der Waals surface area contributed by atoms with E-state index in [9.17, 15) is 14.4 Å². The number of nitrogens with zero attached hydrogens (tertiary/aromatic N) is 1. The number of ether oxygens (including phenoxy) is 2. The zero-order valence-electron chi connectivity index (χ0n) is 15.9. The Labute approximate surface area is 164 Å². The van der Waals surface area contributed by atoms with Gasteiger partial charge in [0.15, 0.2) is 0 Å². The molecule has 1 aromatic carbocycles. The van der Waals surface area contributed by atoms with Gasteiger partial charge in [-0.05, 0) is 43.7 Å². The van der Waals surface area contributed by atoms with Gasteiger partial charge in [0.2, 0.25) is 0 Å². The van der Waals surface area contributed by atoms with Gasteiger partial charge in [0.1, 0.15) is 5.75 Å². The molecule has 1 aromatic rings. The molecule has 2 saturated heterocycles. The highest BCUT2D eigenvalue weighted by molar-refractivity contribution is 6.35. The standard InChI is InChI=1S/C20H27N3O5/c24-18(19(25)22-14-17-7-4-12-27-17)21-13-15-8-10-23(11-9-15)20(26)28-16-5-2-1-3-6-16/h1-3,5-6,15,17H,4,7-14H2,(H,21,24)(H,22,25)/t17-/m0/s1. The summed E-state index contributed by atoms with van der Waals surface area (Å²) in [6, 6.07) is 8.97. The zero-order chi connectivity index (χ0) is 19.8. The number of carbonyl (C=O) groups is 3. The van der Waals surface area contributed by atoms with Crippen molar-refractivity contribution in [1.82, 2.24) is 15.5 Å². The van der Waals surface area contributed by atoms with Crippen LogP contribution in [-0.4, -0.2) is 61.7 Å². The summed E-state index contributed by atoms with van der Waals surface area (Å²) in [5, 5.41) is 5.30. The van der Waals surface area contributed by atoms with E-state index in [1.54, 1.807) is 17.0 Å². The molecule has 2 aliphatic rings. The van der Waals surface area contributed by atoms with Gasteiger partial charge in [-0.1, -0.05) is 18.2 Å². The molecule has 0 saturated carbocycles. The quantitative estimate of drug-likeness (QED) is 0.740. The van der Waals surface area contributed by atoms with Gasteiger partial charge < -0.3 is 25.0 Å². The number of rotatable bonds is 5. The van der Waals surface area contributed by atoms with Crippen LogP contribution in [0.2, 0.25) is 0 Å². The van der Waals surface area contributed by atoms with Gasteiger partial charge in [-0.3, -0.25) is 9.59 Å². The van der Waals surface area contributed by atoms with Crippen molar-refractivity contribution in [3.63, 3.8) is 0 Å². The van der Waals surface area contributed by atoms with Crippen LogP contribution in [0.4, 0.5) is 4.79 Å². The molecule has 2 fully saturated rings. The molecule has 0 radical (unpaired) electrons. The first-order valence-corrected chi connectivity index (χ1v) is 9.81. The van der Waals surface area contributed by atoms with Gasteiger partial charge in [-0.2, -0.15) is 0 Å². The molecule has 0 unspecified atom stereocenters. The molecule has 2 N–H and O–H groups in total. The van der Waals surface area contributed by atoms with Crippen LogP contribution in [0.1, 0.15) is 25.7 Å². The van der Waals surface area contributed by atoms with Gasteiger partial charge in [0.05, 0.1) is 6.10 Å². The number of hydrogen-bond acceptors (Lipinski definition) is 5. The first-order valence-electron chi connectivity index (χ1n) is 9.81.